The highest BCUT2D eigenvalue weighted by Crippen LogP contribution is 2.05. The Bertz CT molecular complexity index is 269. The lowest BCUT2D eigenvalue weighted by atomic mass is 10.2. The fourth-order valence-electron chi connectivity index (χ4n) is 1.19. The molecule has 1 heterocycles. The van der Waals surface area contributed by atoms with Gasteiger partial charge in [0, 0.05) is 24.6 Å². The van der Waals surface area contributed by atoms with Gasteiger partial charge in [-0.15, -0.1) is 0 Å². The fourth-order valence-corrected chi connectivity index (χ4v) is 1.19. The molecular formula is C11H17N3. The number of hydrogen-bond acceptors (Lipinski definition) is 3. The summed E-state index contributed by atoms with van der Waals surface area (Å²) in [5, 5.41) is 3.38. The summed E-state index contributed by atoms with van der Waals surface area (Å²) in [6.07, 6.45) is 10.5. The zero-order valence-corrected chi connectivity index (χ0v) is 8.77. The van der Waals surface area contributed by atoms with Gasteiger partial charge in [0.05, 0.1) is 5.69 Å². The summed E-state index contributed by atoms with van der Waals surface area (Å²) in [5.41, 5.74) is 0.993. The fraction of sp³-hybridized carbons (Fsp3) is 0.455. The molecule has 0 radical (unpaired) electrons. The van der Waals surface area contributed by atoms with E-state index in [9.17, 15) is 0 Å². The molecule has 3 heteroatoms. The van der Waals surface area contributed by atoms with Crippen LogP contribution in [0, 0.1) is 0 Å². The average molecular weight is 191 g/mol. The maximum absolute atomic E-state index is 4.23. The van der Waals surface area contributed by atoms with E-state index in [0.717, 1.165) is 18.7 Å². The predicted molar refractivity (Wildman–Crippen MR) is 57.9 cm³/mol. The molecule has 1 aromatic rings. The van der Waals surface area contributed by atoms with Crippen molar-refractivity contribution < 1.29 is 0 Å². The van der Waals surface area contributed by atoms with Gasteiger partial charge in [-0.25, -0.2) is 0 Å². The lowest BCUT2D eigenvalue weighted by molar-refractivity contribution is 0.565. The van der Waals surface area contributed by atoms with E-state index >= 15 is 0 Å². The highest BCUT2D eigenvalue weighted by molar-refractivity contribution is 5.00. The molecule has 1 rings (SSSR count). The van der Waals surface area contributed by atoms with E-state index in [2.05, 4.69) is 34.4 Å². The van der Waals surface area contributed by atoms with Crippen molar-refractivity contribution in [2.75, 3.05) is 6.54 Å². The van der Waals surface area contributed by atoms with Gasteiger partial charge in [-0.3, -0.25) is 9.97 Å². The molecule has 76 valence electrons. The largest absolute Gasteiger partial charge is 0.308 e. The zero-order chi connectivity index (χ0) is 10.2. The van der Waals surface area contributed by atoms with Crippen LogP contribution in [0.3, 0.4) is 0 Å². The van der Waals surface area contributed by atoms with Gasteiger partial charge in [0.1, 0.15) is 0 Å². The Labute approximate surface area is 85.3 Å². The van der Waals surface area contributed by atoms with Crippen LogP contribution < -0.4 is 5.32 Å². The first-order valence-electron chi connectivity index (χ1n) is 4.95. The minimum absolute atomic E-state index is 0.272. The summed E-state index contributed by atoms with van der Waals surface area (Å²) in [5.74, 6) is 0. The molecule has 0 aromatic carbocycles. The van der Waals surface area contributed by atoms with Crippen molar-refractivity contribution >= 4 is 0 Å². The summed E-state index contributed by atoms with van der Waals surface area (Å²) in [6.45, 7) is 5.11. The molecule has 0 aliphatic rings. The van der Waals surface area contributed by atoms with Gasteiger partial charge in [-0.05, 0) is 26.8 Å². The molecule has 0 spiro atoms. The van der Waals surface area contributed by atoms with Crippen LogP contribution in [0.25, 0.3) is 0 Å². The Kier molecular flexibility index (Phi) is 4.86. The summed E-state index contributed by atoms with van der Waals surface area (Å²) < 4.78 is 0. The van der Waals surface area contributed by atoms with Crippen LogP contribution in [0.5, 0.6) is 0 Å². The van der Waals surface area contributed by atoms with Crippen LogP contribution >= 0.6 is 0 Å². The monoisotopic (exact) mass is 191 g/mol. The van der Waals surface area contributed by atoms with Crippen molar-refractivity contribution in [3.8, 4) is 0 Å². The number of rotatable bonds is 5. The van der Waals surface area contributed by atoms with Crippen molar-refractivity contribution in [2.45, 2.75) is 26.3 Å². The maximum Gasteiger partial charge on any atom is 0.0753 e. The van der Waals surface area contributed by atoms with Crippen LogP contribution in [-0.2, 0) is 0 Å². The first-order valence-corrected chi connectivity index (χ1v) is 4.95. The molecule has 1 aromatic heterocycles. The van der Waals surface area contributed by atoms with Crippen LogP contribution in [0.1, 0.15) is 32.0 Å². The van der Waals surface area contributed by atoms with Gasteiger partial charge >= 0.3 is 0 Å². The Morgan fingerprint density at radius 3 is 3.00 bits per heavy atom. The predicted octanol–water partition coefficient (Wildman–Crippen LogP) is 2.09. The molecule has 0 fully saturated rings. The SMILES string of the molecule is C/C=C/CCNC(C)c1cnccn1. The molecule has 0 saturated carbocycles. The normalized spacial score (nSPS) is 13.3. The third-order valence-corrected chi connectivity index (χ3v) is 2.02. The second-order valence-corrected chi connectivity index (χ2v) is 3.16. The molecule has 14 heavy (non-hydrogen) atoms. The van der Waals surface area contributed by atoms with E-state index in [1.807, 2.05) is 6.92 Å². The van der Waals surface area contributed by atoms with Gasteiger partial charge in [0.25, 0.3) is 0 Å². The summed E-state index contributed by atoms with van der Waals surface area (Å²) in [4.78, 5) is 8.27. The van der Waals surface area contributed by atoms with E-state index in [-0.39, 0.29) is 6.04 Å². The zero-order valence-electron chi connectivity index (χ0n) is 8.77. The molecule has 1 unspecified atom stereocenters. The lowest BCUT2D eigenvalue weighted by Gasteiger charge is -2.11. The van der Waals surface area contributed by atoms with Gasteiger partial charge in [0.2, 0.25) is 0 Å². The quantitative estimate of drug-likeness (QED) is 0.572. The van der Waals surface area contributed by atoms with Crippen molar-refractivity contribution in [3.05, 3.63) is 36.4 Å². The van der Waals surface area contributed by atoms with E-state index in [4.69, 9.17) is 0 Å². The van der Waals surface area contributed by atoms with Crippen molar-refractivity contribution in [1.82, 2.24) is 15.3 Å². The summed E-state index contributed by atoms with van der Waals surface area (Å²) in [7, 11) is 0. The molecular weight excluding hydrogens is 174 g/mol. The van der Waals surface area contributed by atoms with Crippen molar-refractivity contribution in [3.63, 3.8) is 0 Å². The first-order chi connectivity index (χ1) is 6.84. The lowest BCUT2D eigenvalue weighted by Crippen LogP contribution is -2.20. The van der Waals surface area contributed by atoms with Crippen molar-refractivity contribution in [1.29, 1.82) is 0 Å². The standard InChI is InChI=1S/C11H17N3/c1-3-4-5-6-13-10(2)11-9-12-7-8-14-11/h3-4,7-10,13H,5-6H2,1-2H3/b4-3+. The molecule has 1 N–H and O–H groups in total. The average Bonchev–Trinajstić information content (AvgIpc) is 2.25. The molecule has 0 bridgehead atoms. The third-order valence-electron chi connectivity index (χ3n) is 2.02. The second-order valence-electron chi connectivity index (χ2n) is 3.16. The number of hydrogen-bond donors (Lipinski definition) is 1. The van der Waals surface area contributed by atoms with Gasteiger partial charge in [0.15, 0.2) is 0 Å². The Morgan fingerprint density at radius 2 is 2.36 bits per heavy atom. The second kappa shape index (κ2) is 6.27. The minimum atomic E-state index is 0.272. The Hall–Kier alpha value is -1.22. The van der Waals surface area contributed by atoms with Crippen LogP contribution in [0.2, 0.25) is 0 Å². The molecule has 3 nitrogen and oxygen atoms in total. The topological polar surface area (TPSA) is 37.8 Å². The van der Waals surface area contributed by atoms with Gasteiger partial charge in [-0.1, -0.05) is 12.2 Å². The van der Waals surface area contributed by atoms with E-state index in [0.29, 0.717) is 0 Å². The smallest absolute Gasteiger partial charge is 0.0753 e. The summed E-state index contributed by atoms with van der Waals surface area (Å²) in [6, 6.07) is 0.272. The molecule has 0 saturated heterocycles. The number of nitrogens with one attached hydrogen (secondary N) is 1. The van der Waals surface area contributed by atoms with Crippen LogP contribution in [0.15, 0.2) is 30.7 Å². The Balaban J connectivity index is 2.32. The molecule has 0 aliphatic carbocycles. The first kappa shape index (κ1) is 10.9. The highest BCUT2D eigenvalue weighted by atomic mass is 14.9. The highest BCUT2D eigenvalue weighted by Gasteiger charge is 2.03. The number of nitrogens with zero attached hydrogens (tertiary/aromatic N) is 2. The Morgan fingerprint density at radius 1 is 1.50 bits per heavy atom. The number of aromatic nitrogens is 2. The molecule has 1 atom stereocenters. The molecule has 0 aliphatic heterocycles. The van der Waals surface area contributed by atoms with E-state index in [1.165, 1.54) is 0 Å². The number of allylic oxidation sites excluding steroid dienone is 1. The van der Waals surface area contributed by atoms with Crippen LogP contribution in [-0.4, -0.2) is 16.5 Å². The van der Waals surface area contributed by atoms with Crippen LogP contribution in [0.4, 0.5) is 0 Å². The van der Waals surface area contributed by atoms with E-state index < -0.39 is 0 Å². The summed E-state index contributed by atoms with van der Waals surface area (Å²) >= 11 is 0. The maximum atomic E-state index is 4.23. The van der Waals surface area contributed by atoms with E-state index in [1.54, 1.807) is 18.6 Å². The minimum Gasteiger partial charge on any atom is -0.308 e. The molecule has 0 amide bonds. The third kappa shape index (κ3) is 3.66. The van der Waals surface area contributed by atoms with Gasteiger partial charge in [-0.2, -0.15) is 0 Å². The van der Waals surface area contributed by atoms with Crippen molar-refractivity contribution in [2.24, 2.45) is 0 Å². The van der Waals surface area contributed by atoms with Gasteiger partial charge < -0.3 is 5.32 Å².